The molecule has 1 N–H and O–H groups in total. The number of hydrogen-bond acceptors (Lipinski definition) is 6. The maximum absolute atomic E-state index is 12.6. The highest BCUT2D eigenvalue weighted by atomic mass is 16.5. The second-order valence-electron chi connectivity index (χ2n) is 7.45. The van der Waals surface area contributed by atoms with Crippen molar-refractivity contribution in [2.24, 2.45) is 0 Å². The van der Waals surface area contributed by atoms with Crippen LogP contribution >= 0.6 is 0 Å². The van der Waals surface area contributed by atoms with E-state index in [4.69, 9.17) is 18.9 Å². The predicted octanol–water partition coefficient (Wildman–Crippen LogP) is 4.71. The van der Waals surface area contributed by atoms with Gasteiger partial charge in [-0.05, 0) is 63.1 Å². The minimum absolute atomic E-state index is 0.133. The minimum Gasteiger partial charge on any atom is -0.490 e. The standard InChI is InChI=1S/C26H33N3O5/c1-5-31-22-11-9-19(13-24(22)33-7-3)15-26(30)28-21-16-27-29(18-21)17-20-10-12-23(32-6-2)25(14-20)34-8-4/h9-14,16,18H,5-8,15,17H2,1-4H3,(H,28,30). The lowest BCUT2D eigenvalue weighted by Gasteiger charge is -2.12. The Morgan fingerprint density at radius 2 is 1.32 bits per heavy atom. The quantitative estimate of drug-likeness (QED) is 0.392. The molecular formula is C26H33N3O5. The van der Waals surface area contributed by atoms with Gasteiger partial charge in [0.2, 0.25) is 5.91 Å². The summed E-state index contributed by atoms with van der Waals surface area (Å²) in [4.78, 5) is 12.6. The van der Waals surface area contributed by atoms with Crippen molar-refractivity contribution in [1.29, 1.82) is 0 Å². The van der Waals surface area contributed by atoms with Gasteiger partial charge in [-0.3, -0.25) is 9.48 Å². The van der Waals surface area contributed by atoms with Gasteiger partial charge in [0.1, 0.15) is 0 Å². The van der Waals surface area contributed by atoms with Crippen LogP contribution in [-0.4, -0.2) is 42.1 Å². The summed E-state index contributed by atoms with van der Waals surface area (Å²) in [6, 6.07) is 11.4. The Morgan fingerprint density at radius 1 is 0.794 bits per heavy atom. The molecule has 2 aromatic carbocycles. The van der Waals surface area contributed by atoms with E-state index in [1.54, 1.807) is 17.1 Å². The van der Waals surface area contributed by atoms with E-state index >= 15 is 0 Å². The summed E-state index contributed by atoms with van der Waals surface area (Å²) in [6.07, 6.45) is 3.66. The van der Waals surface area contributed by atoms with Crippen molar-refractivity contribution in [1.82, 2.24) is 9.78 Å². The SMILES string of the molecule is CCOc1ccc(CC(=O)Nc2cnn(Cc3ccc(OCC)c(OCC)c3)c2)cc1OCC. The maximum atomic E-state index is 12.6. The molecule has 0 saturated carbocycles. The smallest absolute Gasteiger partial charge is 0.228 e. The molecule has 34 heavy (non-hydrogen) atoms. The van der Waals surface area contributed by atoms with Crippen LogP contribution in [0.25, 0.3) is 0 Å². The highest BCUT2D eigenvalue weighted by molar-refractivity contribution is 5.92. The Balaban J connectivity index is 1.62. The third kappa shape index (κ3) is 6.91. The molecule has 3 aromatic rings. The highest BCUT2D eigenvalue weighted by Gasteiger charge is 2.11. The van der Waals surface area contributed by atoms with Crippen LogP contribution < -0.4 is 24.3 Å². The van der Waals surface area contributed by atoms with Crippen molar-refractivity contribution >= 4 is 11.6 Å². The van der Waals surface area contributed by atoms with E-state index < -0.39 is 0 Å². The zero-order valence-corrected chi connectivity index (χ0v) is 20.3. The Morgan fingerprint density at radius 3 is 1.91 bits per heavy atom. The molecule has 0 saturated heterocycles. The van der Waals surface area contributed by atoms with Crippen LogP contribution in [0.5, 0.6) is 23.0 Å². The van der Waals surface area contributed by atoms with Gasteiger partial charge in [-0.15, -0.1) is 0 Å². The molecule has 8 nitrogen and oxygen atoms in total. The summed E-state index contributed by atoms with van der Waals surface area (Å²) in [7, 11) is 0. The molecule has 0 aliphatic heterocycles. The lowest BCUT2D eigenvalue weighted by Crippen LogP contribution is -2.14. The van der Waals surface area contributed by atoms with Gasteiger partial charge in [0, 0.05) is 6.20 Å². The van der Waals surface area contributed by atoms with E-state index in [1.165, 1.54) is 0 Å². The van der Waals surface area contributed by atoms with Crippen LogP contribution in [0.1, 0.15) is 38.8 Å². The number of ether oxygens (including phenoxy) is 4. The van der Waals surface area contributed by atoms with E-state index in [9.17, 15) is 4.79 Å². The maximum Gasteiger partial charge on any atom is 0.228 e. The molecular weight excluding hydrogens is 434 g/mol. The first-order valence-electron chi connectivity index (χ1n) is 11.7. The van der Waals surface area contributed by atoms with Gasteiger partial charge in [-0.2, -0.15) is 5.10 Å². The van der Waals surface area contributed by atoms with Gasteiger partial charge < -0.3 is 24.3 Å². The molecule has 0 bridgehead atoms. The van der Waals surface area contributed by atoms with Crippen LogP contribution in [0.4, 0.5) is 5.69 Å². The van der Waals surface area contributed by atoms with Crippen LogP contribution in [-0.2, 0) is 17.8 Å². The Hall–Kier alpha value is -3.68. The van der Waals surface area contributed by atoms with E-state index in [0.717, 1.165) is 16.9 Å². The van der Waals surface area contributed by atoms with Crippen molar-refractivity contribution in [2.45, 2.75) is 40.7 Å². The normalized spacial score (nSPS) is 10.6. The van der Waals surface area contributed by atoms with Gasteiger partial charge in [-0.1, -0.05) is 12.1 Å². The van der Waals surface area contributed by atoms with Crippen molar-refractivity contribution in [3.05, 3.63) is 59.9 Å². The molecule has 0 spiro atoms. The van der Waals surface area contributed by atoms with Crippen LogP contribution in [0.2, 0.25) is 0 Å². The van der Waals surface area contributed by atoms with E-state index in [0.29, 0.717) is 55.9 Å². The minimum atomic E-state index is -0.133. The number of nitrogens with one attached hydrogen (secondary N) is 1. The monoisotopic (exact) mass is 467 g/mol. The van der Waals surface area contributed by atoms with E-state index in [1.807, 2.05) is 64.1 Å². The first-order chi connectivity index (χ1) is 16.6. The van der Waals surface area contributed by atoms with Gasteiger partial charge in [0.05, 0.1) is 51.3 Å². The highest BCUT2D eigenvalue weighted by Crippen LogP contribution is 2.30. The van der Waals surface area contributed by atoms with Crippen LogP contribution in [0.3, 0.4) is 0 Å². The van der Waals surface area contributed by atoms with Crippen LogP contribution in [0.15, 0.2) is 48.8 Å². The molecule has 0 atom stereocenters. The average molecular weight is 468 g/mol. The molecule has 0 aliphatic carbocycles. The van der Waals surface area contributed by atoms with Gasteiger partial charge in [-0.25, -0.2) is 0 Å². The zero-order valence-electron chi connectivity index (χ0n) is 20.3. The largest absolute Gasteiger partial charge is 0.490 e. The summed E-state index contributed by atoms with van der Waals surface area (Å²) in [5.41, 5.74) is 2.50. The summed E-state index contributed by atoms with van der Waals surface area (Å²) >= 11 is 0. The molecule has 0 fully saturated rings. The van der Waals surface area contributed by atoms with E-state index in [-0.39, 0.29) is 12.3 Å². The molecule has 182 valence electrons. The summed E-state index contributed by atoms with van der Waals surface area (Å²) in [5.74, 6) is 2.62. The van der Waals surface area contributed by atoms with Gasteiger partial charge in [0.25, 0.3) is 0 Å². The van der Waals surface area contributed by atoms with Crippen LogP contribution in [0, 0.1) is 0 Å². The summed E-state index contributed by atoms with van der Waals surface area (Å²) in [5, 5.41) is 7.28. The number of aromatic nitrogens is 2. The molecule has 1 amide bonds. The second kappa shape index (κ2) is 12.5. The lowest BCUT2D eigenvalue weighted by atomic mass is 10.1. The summed E-state index contributed by atoms with van der Waals surface area (Å²) < 4.78 is 24.3. The fourth-order valence-corrected chi connectivity index (χ4v) is 3.49. The number of carbonyl (C=O) groups is 1. The third-order valence-electron chi connectivity index (χ3n) is 4.84. The molecule has 1 heterocycles. The number of rotatable bonds is 13. The number of anilines is 1. The summed E-state index contributed by atoms with van der Waals surface area (Å²) in [6.45, 7) is 10.5. The Labute approximate surface area is 200 Å². The number of amides is 1. The van der Waals surface area contributed by atoms with Gasteiger partial charge in [0.15, 0.2) is 23.0 Å². The number of hydrogen-bond donors (Lipinski definition) is 1. The first-order valence-corrected chi connectivity index (χ1v) is 11.7. The molecule has 1 aromatic heterocycles. The zero-order chi connectivity index (χ0) is 24.3. The number of benzene rings is 2. The fourth-order valence-electron chi connectivity index (χ4n) is 3.49. The molecule has 8 heteroatoms. The Kier molecular flexibility index (Phi) is 9.20. The first kappa shape index (κ1) is 25.0. The lowest BCUT2D eigenvalue weighted by molar-refractivity contribution is -0.115. The molecule has 0 aliphatic rings. The third-order valence-corrected chi connectivity index (χ3v) is 4.84. The Bertz CT molecular complexity index is 1080. The van der Waals surface area contributed by atoms with Crippen molar-refractivity contribution < 1.29 is 23.7 Å². The van der Waals surface area contributed by atoms with E-state index in [2.05, 4.69) is 10.4 Å². The fraction of sp³-hybridized carbons (Fsp3) is 0.385. The molecule has 0 unspecified atom stereocenters. The van der Waals surface area contributed by atoms with Crippen molar-refractivity contribution in [3.63, 3.8) is 0 Å². The average Bonchev–Trinajstić information content (AvgIpc) is 3.24. The van der Waals surface area contributed by atoms with Crippen molar-refractivity contribution in [3.8, 4) is 23.0 Å². The number of nitrogens with zero attached hydrogens (tertiary/aromatic N) is 2. The molecule has 3 rings (SSSR count). The predicted molar refractivity (Wildman–Crippen MR) is 131 cm³/mol. The molecule has 0 radical (unpaired) electrons. The van der Waals surface area contributed by atoms with Crippen molar-refractivity contribution in [2.75, 3.05) is 31.7 Å². The number of carbonyl (C=O) groups excluding carboxylic acids is 1. The topological polar surface area (TPSA) is 83.8 Å². The van der Waals surface area contributed by atoms with Gasteiger partial charge >= 0.3 is 0 Å². The second-order valence-corrected chi connectivity index (χ2v) is 7.45.